The van der Waals surface area contributed by atoms with Crippen LogP contribution in [0, 0.1) is 0 Å². The molecule has 2 rings (SSSR count). The average Bonchev–Trinajstić information content (AvgIpc) is 2.88. The summed E-state index contributed by atoms with van der Waals surface area (Å²) in [4.78, 5) is 6.63. The molecule has 2 N–H and O–H groups in total. The molecule has 0 amide bonds. The second-order valence-corrected chi connectivity index (χ2v) is 4.72. The third-order valence-corrected chi connectivity index (χ3v) is 3.03. The summed E-state index contributed by atoms with van der Waals surface area (Å²) in [5.74, 6) is 0. The fraction of sp³-hybridized carbons (Fsp3) is 0.500. The van der Waals surface area contributed by atoms with Crippen molar-refractivity contribution < 1.29 is 41.3 Å². The number of hydrogen-bond acceptors (Lipinski definition) is 5. The van der Waals surface area contributed by atoms with E-state index >= 15 is 0 Å². The van der Waals surface area contributed by atoms with Gasteiger partial charge in [-0.2, -0.15) is 26.3 Å². The zero-order valence-electron chi connectivity index (χ0n) is 11.8. The first kappa shape index (κ1) is 18.4. The van der Waals surface area contributed by atoms with Crippen molar-refractivity contribution in [2.24, 2.45) is 0 Å². The lowest BCUT2D eigenvalue weighted by Crippen LogP contribution is -2.23. The zero-order chi connectivity index (χ0) is 18.1. The fourth-order valence-electron chi connectivity index (χ4n) is 1.84. The molecule has 134 valence electrons. The second-order valence-electron chi connectivity index (χ2n) is 4.72. The van der Waals surface area contributed by atoms with E-state index < -0.39 is 60.8 Å². The lowest BCUT2D eigenvalue weighted by molar-refractivity contribution is -0.144. The normalized spacial score (nSPS) is 13.2. The summed E-state index contributed by atoms with van der Waals surface area (Å²) in [5, 5.41) is 17.7. The number of fused-ring (bicyclic) bond motifs is 1. The third-order valence-electron chi connectivity index (χ3n) is 3.03. The molecule has 0 unspecified atom stereocenters. The van der Waals surface area contributed by atoms with Gasteiger partial charge in [0, 0.05) is 0 Å². The average molecular weight is 359 g/mol. The maximum absolute atomic E-state index is 13.0. The number of hydrogen-bond donors (Lipinski definition) is 2. The van der Waals surface area contributed by atoms with Gasteiger partial charge >= 0.3 is 12.4 Å². The SMILES string of the molecule is OCC(CO)OCn1cnc2c(C(F)(F)F)cc(C(F)(F)F)nc21. The molecule has 24 heavy (non-hydrogen) atoms. The van der Waals surface area contributed by atoms with Crippen molar-refractivity contribution in [2.45, 2.75) is 25.2 Å². The Hall–Kier alpha value is -1.92. The summed E-state index contributed by atoms with van der Waals surface area (Å²) >= 11 is 0. The Morgan fingerprint density at radius 2 is 1.71 bits per heavy atom. The van der Waals surface area contributed by atoms with E-state index in [-0.39, 0.29) is 6.07 Å². The number of aliphatic hydroxyl groups excluding tert-OH is 2. The Kier molecular flexibility index (Phi) is 5.01. The molecule has 2 aromatic heterocycles. The lowest BCUT2D eigenvalue weighted by Gasteiger charge is -2.14. The van der Waals surface area contributed by atoms with Crippen molar-refractivity contribution in [2.75, 3.05) is 13.2 Å². The van der Waals surface area contributed by atoms with Gasteiger partial charge in [0.25, 0.3) is 0 Å². The maximum atomic E-state index is 13.0. The van der Waals surface area contributed by atoms with Crippen LogP contribution >= 0.6 is 0 Å². The molecule has 0 bridgehead atoms. The molecule has 0 aliphatic carbocycles. The molecule has 6 nitrogen and oxygen atoms in total. The highest BCUT2D eigenvalue weighted by atomic mass is 19.4. The van der Waals surface area contributed by atoms with E-state index in [0.717, 1.165) is 10.9 Å². The Balaban J connectivity index is 2.52. The van der Waals surface area contributed by atoms with Gasteiger partial charge in [-0.3, -0.25) is 4.57 Å². The quantitative estimate of drug-likeness (QED) is 0.796. The molecule has 0 spiro atoms. The highest BCUT2D eigenvalue weighted by molar-refractivity contribution is 5.76. The second kappa shape index (κ2) is 6.53. The van der Waals surface area contributed by atoms with Gasteiger partial charge in [0.15, 0.2) is 5.65 Å². The van der Waals surface area contributed by atoms with Gasteiger partial charge in [0.1, 0.15) is 24.0 Å². The van der Waals surface area contributed by atoms with Crippen molar-refractivity contribution in [3.63, 3.8) is 0 Å². The van der Waals surface area contributed by atoms with Gasteiger partial charge in [-0.05, 0) is 6.07 Å². The topological polar surface area (TPSA) is 80.4 Å². The van der Waals surface area contributed by atoms with E-state index in [0.29, 0.717) is 0 Å². The van der Waals surface area contributed by atoms with Crippen LogP contribution in [-0.4, -0.2) is 44.1 Å². The highest BCUT2D eigenvalue weighted by Gasteiger charge is 2.40. The van der Waals surface area contributed by atoms with Crippen molar-refractivity contribution in [3.8, 4) is 0 Å². The van der Waals surface area contributed by atoms with Gasteiger partial charge in [-0.25, -0.2) is 9.97 Å². The standard InChI is InChI=1S/C12H11F6N3O3/c13-11(14,15)7-1-8(12(16,17)18)20-10-9(7)19-4-21(10)5-24-6(2-22)3-23/h1,4,6,22-23H,2-3,5H2. The van der Waals surface area contributed by atoms with Crippen LogP contribution in [0.25, 0.3) is 11.2 Å². The van der Waals surface area contributed by atoms with E-state index in [1.165, 1.54) is 0 Å². The molecule has 0 saturated heterocycles. The minimum atomic E-state index is -5.08. The smallest absolute Gasteiger partial charge is 0.394 e. The van der Waals surface area contributed by atoms with Crippen molar-refractivity contribution in [1.82, 2.24) is 14.5 Å². The first-order valence-electron chi connectivity index (χ1n) is 6.41. The first-order chi connectivity index (χ1) is 11.1. The summed E-state index contributed by atoms with van der Waals surface area (Å²) < 4.78 is 83.1. The molecule has 0 aliphatic heterocycles. The Morgan fingerprint density at radius 1 is 1.08 bits per heavy atom. The molecular formula is C12H11F6N3O3. The van der Waals surface area contributed by atoms with Gasteiger partial charge in [0.2, 0.25) is 0 Å². The van der Waals surface area contributed by atoms with Crippen LogP contribution < -0.4 is 0 Å². The number of aliphatic hydroxyl groups is 2. The van der Waals surface area contributed by atoms with Gasteiger partial charge in [-0.15, -0.1) is 0 Å². The van der Waals surface area contributed by atoms with E-state index in [2.05, 4.69) is 9.97 Å². The monoisotopic (exact) mass is 359 g/mol. The van der Waals surface area contributed by atoms with Crippen LogP contribution in [0.3, 0.4) is 0 Å². The molecule has 0 radical (unpaired) electrons. The molecule has 0 saturated carbocycles. The zero-order valence-corrected chi connectivity index (χ0v) is 11.8. The molecule has 0 atom stereocenters. The van der Waals surface area contributed by atoms with E-state index in [9.17, 15) is 26.3 Å². The summed E-state index contributed by atoms with van der Waals surface area (Å²) in [6, 6.07) is -0.106. The summed E-state index contributed by atoms with van der Waals surface area (Å²) in [5.41, 5.74) is -4.72. The molecule has 2 aromatic rings. The highest BCUT2D eigenvalue weighted by Crippen LogP contribution is 2.37. The molecule has 0 aliphatic rings. The predicted octanol–water partition coefficient (Wildman–Crippen LogP) is 1.80. The lowest BCUT2D eigenvalue weighted by atomic mass is 10.2. The molecular weight excluding hydrogens is 348 g/mol. The van der Waals surface area contributed by atoms with Gasteiger partial charge in [0.05, 0.1) is 25.1 Å². The number of pyridine rings is 1. The largest absolute Gasteiger partial charge is 0.433 e. The molecule has 12 heteroatoms. The van der Waals surface area contributed by atoms with E-state index in [1.807, 2.05) is 0 Å². The van der Waals surface area contributed by atoms with Crippen molar-refractivity contribution in [1.29, 1.82) is 0 Å². The van der Waals surface area contributed by atoms with Crippen LogP contribution in [0.1, 0.15) is 11.3 Å². The van der Waals surface area contributed by atoms with Crippen LogP contribution in [-0.2, 0) is 23.8 Å². The summed E-state index contributed by atoms with van der Waals surface area (Å²) in [7, 11) is 0. The number of rotatable bonds is 5. The van der Waals surface area contributed by atoms with Gasteiger partial charge in [-0.1, -0.05) is 0 Å². The molecule has 0 fully saturated rings. The number of nitrogens with zero attached hydrogens (tertiary/aromatic N) is 3. The van der Waals surface area contributed by atoms with Crippen molar-refractivity contribution in [3.05, 3.63) is 23.7 Å². The predicted molar refractivity (Wildman–Crippen MR) is 66.6 cm³/mol. The number of ether oxygens (including phenoxy) is 1. The first-order valence-corrected chi connectivity index (χ1v) is 6.41. The number of alkyl halides is 6. The Morgan fingerprint density at radius 3 is 2.21 bits per heavy atom. The van der Waals surface area contributed by atoms with Crippen LogP contribution in [0.4, 0.5) is 26.3 Å². The summed E-state index contributed by atoms with van der Waals surface area (Å²) in [6.45, 7) is -1.72. The van der Waals surface area contributed by atoms with E-state index in [1.54, 1.807) is 0 Å². The maximum Gasteiger partial charge on any atom is 0.433 e. The minimum absolute atomic E-state index is 0.106. The van der Waals surface area contributed by atoms with Crippen LogP contribution in [0.15, 0.2) is 12.4 Å². The number of halogens is 6. The van der Waals surface area contributed by atoms with Crippen LogP contribution in [0.2, 0.25) is 0 Å². The summed E-state index contributed by atoms with van der Waals surface area (Å²) in [6.07, 6.45) is -10.3. The molecule has 2 heterocycles. The fourth-order valence-corrected chi connectivity index (χ4v) is 1.84. The van der Waals surface area contributed by atoms with Gasteiger partial charge < -0.3 is 14.9 Å². The van der Waals surface area contributed by atoms with Crippen LogP contribution in [0.5, 0.6) is 0 Å². The number of imidazole rings is 1. The third kappa shape index (κ3) is 3.76. The van der Waals surface area contributed by atoms with Crippen molar-refractivity contribution >= 4 is 11.2 Å². The number of aromatic nitrogens is 3. The minimum Gasteiger partial charge on any atom is -0.394 e. The Bertz CT molecular complexity index is 708. The molecule has 0 aromatic carbocycles. The Labute approximate surface area is 130 Å². The van der Waals surface area contributed by atoms with E-state index in [4.69, 9.17) is 14.9 Å².